The van der Waals surface area contributed by atoms with E-state index >= 15 is 0 Å². The van der Waals surface area contributed by atoms with Crippen LogP contribution >= 0.6 is 0 Å². The van der Waals surface area contributed by atoms with Gasteiger partial charge in [-0.25, -0.2) is 9.97 Å². The second-order valence-corrected chi connectivity index (χ2v) is 7.39. The molecule has 0 aliphatic carbocycles. The first-order valence-corrected chi connectivity index (χ1v) is 8.45. The van der Waals surface area contributed by atoms with Crippen molar-refractivity contribution in [1.29, 1.82) is 0 Å². The number of carbonyl (C=O) groups is 1. The molecule has 1 aromatic carbocycles. The second kappa shape index (κ2) is 7.30. The number of nitrogens with one attached hydrogen (secondary N) is 1. The number of carbonyl (C=O) groups excluding carboxylic acids is 1. The molecule has 0 unspecified atom stereocenters. The lowest BCUT2D eigenvalue weighted by Crippen LogP contribution is -2.51. The molecule has 0 saturated heterocycles. The monoisotopic (exact) mass is 372 g/mol. The molecular weight excluding hydrogens is 348 g/mol. The molecule has 2 aromatic rings. The van der Waals surface area contributed by atoms with Gasteiger partial charge in [0.15, 0.2) is 5.82 Å². The maximum Gasteiger partial charge on any atom is 0.313 e. The lowest BCUT2D eigenvalue weighted by Gasteiger charge is -2.40. The Morgan fingerprint density at radius 3 is 2.44 bits per heavy atom. The summed E-state index contributed by atoms with van der Waals surface area (Å²) >= 11 is 0. The first-order valence-electron chi connectivity index (χ1n) is 8.45. The van der Waals surface area contributed by atoms with Gasteiger partial charge in [-0.05, 0) is 34.6 Å². The molecule has 0 aliphatic heterocycles. The number of benzene rings is 1. The SMILES string of the molecule is COC(=O)C(C)(C)C(C)(C)Nc1cc(C)nc(-c2cccc([N+](=O)[O-])c2)n1. The summed E-state index contributed by atoms with van der Waals surface area (Å²) in [7, 11) is 1.36. The fourth-order valence-corrected chi connectivity index (χ4v) is 2.51. The van der Waals surface area contributed by atoms with Gasteiger partial charge in [0.25, 0.3) is 5.69 Å². The predicted molar refractivity (Wildman–Crippen MR) is 102 cm³/mol. The molecule has 1 N–H and O–H groups in total. The standard InChI is InChI=1S/C19H24N4O4/c1-12-10-15(22-19(4,5)18(2,3)17(24)27-6)21-16(20-12)13-8-7-9-14(11-13)23(25)26/h7-11H,1-6H3,(H,20,21,22). The van der Waals surface area contributed by atoms with Crippen molar-refractivity contribution in [3.8, 4) is 11.4 Å². The summed E-state index contributed by atoms with van der Waals surface area (Å²) in [6.07, 6.45) is 0. The van der Waals surface area contributed by atoms with Crippen LogP contribution in [0.5, 0.6) is 0 Å². The van der Waals surface area contributed by atoms with E-state index in [9.17, 15) is 14.9 Å². The highest BCUT2D eigenvalue weighted by atomic mass is 16.6. The van der Waals surface area contributed by atoms with Crippen molar-refractivity contribution in [2.45, 2.75) is 40.2 Å². The number of anilines is 1. The number of hydrogen-bond acceptors (Lipinski definition) is 7. The third kappa shape index (κ3) is 4.21. The quantitative estimate of drug-likeness (QED) is 0.467. The molecule has 0 amide bonds. The van der Waals surface area contributed by atoms with E-state index in [-0.39, 0.29) is 11.7 Å². The Morgan fingerprint density at radius 1 is 1.19 bits per heavy atom. The summed E-state index contributed by atoms with van der Waals surface area (Å²) < 4.78 is 4.92. The van der Waals surface area contributed by atoms with Gasteiger partial charge >= 0.3 is 5.97 Å². The zero-order valence-electron chi connectivity index (χ0n) is 16.4. The van der Waals surface area contributed by atoms with Crippen LogP contribution < -0.4 is 5.32 Å². The van der Waals surface area contributed by atoms with Gasteiger partial charge in [-0.2, -0.15) is 0 Å². The highest BCUT2D eigenvalue weighted by Crippen LogP contribution is 2.35. The summed E-state index contributed by atoms with van der Waals surface area (Å²) in [5, 5.41) is 14.3. The third-order valence-electron chi connectivity index (χ3n) is 4.87. The number of aryl methyl sites for hydroxylation is 1. The minimum absolute atomic E-state index is 0.0285. The lowest BCUT2D eigenvalue weighted by atomic mass is 9.74. The van der Waals surface area contributed by atoms with Crippen LogP contribution in [-0.2, 0) is 9.53 Å². The van der Waals surface area contributed by atoms with E-state index in [2.05, 4.69) is 15.3 Å². The van der Waals surface area contributed by atoms with E-state index in [1.165, 1.54) is 19.2 Å². The van der Waals surface area contributed by atoms with Gasteiger partial charge in [0.1, 0.15) is 5.82 Å². The van der Waals surface area contributed by atoms with Crippen molar-refractivity contribution in [2.24, 2.45) is 5.41 Å². The topological polar surface area (TPSA) is 107 Å². The first-order chi connectivity index (χ1) is 12.5. The Labute approximate surface area is 158 Å². The molecule has 1 heterocycles. The molecule has 0 bridgehead atoms. The molecule has 27 heavy (non-hydrogen) atoms. The Hall–Kier alpha value is -3.03. The minimum atomic E-state index is -0.827. The van der Waals surface area contributed by atoms with Crippen molar-refractivity contribution < 1.29 is 14.5 Å². The van der Waals surface area contributed by atoms with E-state index in [1.54, 1.807) is 32.0 Å². The van der Waals surface area contributed by atoms with Crippen LogP contribution in [-0.4, -0.2) is 33.5 Å². The second-order valence-electron chi connectivity index (χ2n) is 7.39. The Kier molecular flexibility index (Phi) is 5.48. The number of hydrogen-bond donors (Lipinski definition) is 1. The Morgan fingerprint density at radius 2 is 1.85 bits per heavy atom. The van der Waals surface area contributed by atoms with Crippen LogP contribution in [0.25, 0.3) is 11.4 Å². The van der Waals surface area contributed by atoms with Crippen molar-refractivity contribution in [3.63, 3.8) is 0 Å². The van der Waals surface area contributed by atoms with E-state index in [4.69, 9.17) is 4.74 Å². The van der Waals surface area contributed by atoms with Crippen molar-refractivity contribution in [3.05, 3.63) is 46.1 Å². The lowest BCUT2D eigenvalue weighted by molar-refractivity contribution is -0.384. The third-order valence-corrected chi connectivity index (χ3v) is 4.87. The molecule has 0 radical (unpaired) electrons. The first kappa shape index (κ1) is 20.3. The number of esters is 1. The highest BCUT2D eigenvalue weighted by Gasteiger charge is 2.44. The van der Waals surface area contributed by atoms with Gasteiger partial charge in [0, 0.05) is 35.0 Å². The van der Waals surface area contributed by atoms with Crippen molar-refractivity contribution in [2.75, 3.05) is 12.4 Å². The number of nitro groups is 1. The smallest absolute Gasteiger partial charge is 0.313 e. The molecule has 1 aromatic heterocycles. The highest BCUT2D eigenvalue weighted by molar-refractivity contribution is 5.78. The maximum absolute atomic E-state index is 12.2. The van der Waals surface area contributed by atoms with Crippen LogP contribution in [0, 0.1) is 22.5 Å². The molecule has 0 atom stereocenters. The van der Waals surface area contributed by atoms with Gasteiger partial charge in [-0.15, -0.1) is 0 Å². The predicted octanol–water partition coefficient (Wildman–Crippen LogP) is 3.75. The van der Waals surface area contributed by atoms with E-state index in [1.807, 2.05) is 20.8 Å². The van der Waals surface area contributed by atoms with Crippen LogP contribution in [0.1, 0.15) is 33.4 Å². The summed E-state index contributed by atoms with van der Waals surface area (Å²) in [6, 6.07) is 7.92. The minimum Gasteiger partial charge on any atom is -0.469 e. The summed E-state index contributed by atoms with van der Waals surface area (Å²) in [5.41, 5.74) is -0.298. The summed E-state index contributed by atoms with van der Waals surface area (Å²) in [6.45, 7) is 9.16. The van der Waals surface area contributed by atoms with E-state index < -0.39 is 15.9 Å². The molecule has 144 valence electrons. The van der Waals surface area contributed by atoms with Gasteiger partial charge in [-0.1, -0.05) is 12.1 Å². The normalized spacial score (nSPS) is 11.8. The summed E-state index contributed by atoms with van der Waals surface area (Å²) in [4.78, 5) is 31.6. The average Bonchev–Trinajstić information content (AvgIpc) is 2.59. The van der Waals surface area contributed by atoms with Crippen LogP contribution in [0.2, 0.25) is 0 Å². The number of aromatic nitrogens is 2. The van der Waals surface area contributed by atoms with E-state index in [0.29, 0.717) is 22.9 Å². The van der Waals surface area contributed by atoms with Crippen LogP contribution in [0.15, 0.2) is 30.3 Å². The van der Waals surface area contributed by atoms with Crippen LogP contribution in [0.3, 0.4) is 0 Å². The van der Waals surface area contributed by atoms with E-state index in [0.717, 1.165) is 0 Å². The molecule has 2 rings (SSSR count). The van der Waals surface area contributed by atoms with Gasteiger partial charge in [0.2, 0.25) is 0 Å². The van der Waals surface area contributed by atoms with Gasteiger partial charge in [-0.3, -0.25) is 14.9 Å². The number of non-ortho nitro benzene ring substituents is 1. The van der Waals surface area contributed by atoms with Crippen molar-refractivity contribution in [1.82, 2.24) is 9.97 Å². The maximum atomic E-state index is 12.2. The van der Waals surface area contributed by atoms with Crippen LogP contribution in [0.4, 0.5) is 11.5 Å². The molecule has 0 aliphatic rings. The largest absolute Gasteiger partial charge is 0.469 e. The zero-order chi connectivity index (χ0) is 20.4. The number of nitro benzene ring substituents is 1. The van der Waals surface area contributed by atoms with Gasteiger partial charge < -0.3 is 10.1 Å². The molecular formula is C19H24N4O4. The molecule has 8 nitrogen and oxygen atoms in total. The van der Waals surface area contributed by atoms with Gasteiger partial charge in [0.05, 0.1) is 17.4 Å². The number of rotatable bonds is 6. The molecule has 0 saturated carbocycles. The molecule has 8 heteroatoms. The number of ether oxygens (including phenoxy) is 1. The fourth-order valence-electron chi connectivity index (χ4n) is 2.51. The zero-order valence-corrected chi connectivity index (χ0v) is 16.4. The number of nitrogens with zero attached hydrogens (tertiary/aromatic N) is 3. The Bertz CT molecular complexity index is 878. The summed E-state index contributed by atoms with van der Waals surface area (Å²) in [5.74, 6) is 0.545. The van der Waals surface area contributed by atoms with Crippen molar-refractivity contribution >= 4 is 17.5 Å². The Balaban J connectivity index is 2.42. The molecule has 0 spiro atoms. The molecule has 0 fully saturated rings. The fraction of sp³-hybridized carbons (Fsp3) is 0.421. The average molecular weight is 372 g/mol. The number of methoxy groups -OCH3 is 1.